The molecule has 1 heterocycles. The normalized spacial score (nSPS) is 12.3. The fourth-order valence-electron chi connectivity index (χ4n) is 2.43. The monoisotopic (exact) mass is 328 g/mol. The van der Waals surface area contributed by atoms with E-state index in [1.165, 1.54) is 23.9 Å². The minimum atomic E-state index is -0.235. The van der Waals surface area contributed by atoms with Crippen molar-refractivity contribution in [1.29, 1.82) is 0 Å². The quantitative estimate of drug-likeness (QED) is 0.606. The van der Waals surface area contributed by atoms with Crippen LogP contribution < -0.4 is 0 Å². The molecule has 0 aliphatic carbocycles. The van der Waals surface area contributed by atoms with Crippen molar-refractivity contribution in [2.45, 2.75) is 31.2 Å². The summed E-state index contributed by atoms with van der Waals surface area (Å²) in [6, 6.07) is 12.6. The van der Waals surface area contributed by atoms with E-state index in [2.05, 4.69) is 16.3 Å². The van der Waals surface area contributed by atoms with Gasteiger partial charge in [-0.3, -0.25) is 0 Å². The predicted octanol–water partition coefficient (Wildman–Crippen LogP) is 5.35. The van der Waals surface area contributed by atoms with Crippen LogP contribution in [-0.2, 0) is 0 Å². The minimum Gasteiger partial charge on any atom is -0.411 e. The third-order valence-corrected chi connectivity index (χ3v) is 4.48. The van der Waals surface area contributed by atoms with E-state index < -0.39 is 0 Å². The summed E-state index contributed by atoms with van der Waals surface area (Å²) in [4.78, 5) is 0. The molecule has 118 valence electrons. The molecule has 5 heteroatoms. The van der Waals surface area contributed by atoms with Gasteiger partial charge in [0.25, 0.3) is 5.22 Å². The van der Waals surface area contributed by atoms with Crippen molar-refractivity contribution in [1.82, 2.24) is 10.2 Å². The molecule has 23 heavy (non-hydrogen) atoms. The minimum absolute atomic E-state index is 0.100. The Morgan fingerprint density at radius 1 is 1.00 bits per heavy atom. The summed E-state index contributed by atoms with van der Waals surface area (Å²) < 4.78 is 18.7. The van der Waals surface area contributed by atoms with Crippen LogP contribution in [0.2, 0.25) is 0 Å². The molecule has 0 spiro atoms. The zero-order chi connectivity index (χ0) is 16.4. The zero-order valence-corrected chi connectivity index (χ0v) is 14.0. The molecular weight excluding hydrogens is 311 g/mol. The summed E-state index contributed by atoms with van der Waals surface area (Å²) >= 11 is 1.46. The van der Waals surface area contributed by atoms with Gasteiger partial charge in [-0.25, -0.2) is 4.39 Å². The lowest BCUT2D eigenvalue weighted by Crippen LogP contribution is -1.88. The van der Waals surface area contributed by atoms with Crippen LogP contribution in [0.3, 0.4) is 0 Å². The molecular formula is C18H17FN2OS. The molecule has 0 N–H and O–H groups in total. The number of halogens is 1. The SMILES string of the molecule is Cc1cc(C)cc(-c2nnc(SC(C)c3ccc(F)cc3)o2)c1. The van der Waals surface area contributed by atoms with E-state index >= 15 is 0 Å². The van der Waals surface area contributed by atoms with Crippen LogP contribution in [0, 0.1) is 19.7 Å². The number of benzene rings is 2. The van der Waals surface area contributed by atoms with Gasteiger partial charge in [0.05, 0.1) is 0 Å². The lowest BCUT2D eigenvalue weighted by atomic mass is 10.1. The number of rotatable bonds is 4. The Hall–Kier alpha value is -2.14. The molecule has 2 aromatic carbocycles. The summed E-state index contributed by atoms with van der Waals surface area (Å²) in [6.45, 7) is 6.11. The lowest BCUT2D eigenvalue weighted by molar-refractivity contribution is 0.465. The van der Waals surface area contributed by atoms with E-state index in [1.54, 1.807) is 12.1 Å². The van der Waals surface area contributed by atoms with Crippen LogP contribution in [-0.4, -0.2) is 10.2 Å². The van der Waals surface area contributed by atoms with Crippen molar-refractivity contribution in [2.24, 2.45) is 0 Å². The fraction of sp³-hybridized carbons (Fsp3) is 0.222. The highest BCUT2D eigenvalue weighted by Crippen LogP contribution is 2.35. The first-order valence-electron chi connectivity index (χ1n) is 7.35. The van der Waals surface area contributed by atoms with E-state index in [0.29, 0.717) is 11.1 Å². The smallest absolute Gasteiger partial charge is 0.277 e. The second kappa shape index (κ2) is 6.54. The Balaban J connectivity index is 1.77. The Morgan fingerprint density at radius 2 is 1.65 bits per heavy atom. The first-order valence-corrected chi connectivity index (χ1v) is 8.23. The number of aryl methyl sites for hydroxylation is 2. The van der Waals surface area contributed by atoms with Gasteiger partial charge in [-0.1, -0.05) is 41.1 Å². The molecule has 0 amide bonds. The average molecular weight is 328 g/mol. The zero-order valence-electron chi connectivity index (χ0n) is 13.2. The van der Waals surface area contributed by atoms with Crippen molar-refractivity contribution >= 4 is 11.8 Å². The fourth-order valence-corrected chi connectivity index (χ4v) is 3.24. The number of nitrogens with zero attached hydrogens (tertiary/aromatic N) is 2. The second-order valence-corrected chi connectivity index (χ2v) is 6.85. The van der Waals surface area contributed by atoms with Crippen molar-refractivity contribution in [3.63, 3.8) is 0 Å². The van der Waals surface area contributed by atoms with E-state index in [9.17, 15) is 4.39 Å². The van der Waals surface area contributed by atoms with Gasteiger partial charge in [-0.15, -0.1) is 10.2 Å². The van der Waals surface area contributed by atoms with Crippen LogP contribution in [0.1, 0.15) is 28.9 Å². The highest BCUT2D eigenvalue weighted by atomic mass is 32.2. The Morgan fingerprint density at radius 3 is 2.30 bits per heavy atom. The molecule has 0 radical (unpaired) electrons. The first-order chi connectivity index (χ1) is 11.0. The van der Waals surface area contributed by atoms with Crippen molar-refractivity contribution in [3.05, 3.63) is 65.0 Å². The highest BCUT2D eigenvalue weighted by molar-refractivity contribution is 7.99. The largest absolute Gasteiger partial charge is 0.411 e. The number of aromatic nitrogens is 2. The van der Waals surface area contributed by atoms with Crippen LogP contribution in [0.25, 0.3) is 11.5 Å². The molecule has 3 rings (SSSR count). The van der Waals surface area contributed by atoms with Gasteiger partial charge >= 0.3 is 0 Å². The Labute approximate surface area is 138 Å². The standard InChI is InChI=1S/C18H17FN2OS/c1-11-8-12(2)10-15(9-11)17-20-21-18(22-17)23-13(3)14-4-6-16(19)7-5-14/h4-10,13H,1-3H3. The maximum atomic E-state index is 13.0. The van der Waals surface area contributed by atoms with E-state index in [4.69, 9.17) is 4.42 Å². The summed E-state index contributed by atoms with van der Waals surface area (Å²) in [6.07, 6.45) is 0. The maximum Gasteiger partial charge on any atom is 0.277 e. The molecule has 0 saturated heterocycles. The molecule has 0 aliphatic heterocycles. The van der Waals surface area contributed by atoms with Crippen LogP contribution in [0.4, 0.5) is 4.39 Å². The van der Waals surface area contributed by atoms with Crippen molar-refractivity contribution in [3.8, 4) is 11.5 Å². The summed E-state index contributed by atoms with van der Waals surface area (Å²) in [5.41, 5.74) is 4.26. The Kier molecular flexibility index (Phi) is 4.48. The topological polar surface area (TPSA) is 38.9 Å². The van der Waals surface area contributed by atoms with E-state index in [0.717, 1.165) is 22.3 Å². The van der Waals surface area contributed by atoms with Gasteiger partial charge in [-0.05, 0) is 50.6 Å². The summed E-state index contributed by atoms with van der Waals surface area (Å²) in [5.74, 6) is 0.284. The van der Waals surface area contributed by atoms with Crippen LogP contribution >= 0.6 is 11.8 Å². The van der Waals surface area contributed by atoms with Gasteiger partial charge in [0, 0.05) is 10.8 Å². The number of hydrogen-bond acceptors (Lipinski definition) is 4. The molecule has 3 aromatic rings. The molecule has 1 atom stereocenters. The third kappa shape index (κ3) is 3.79. The van der Waals surface area contributed by atoms with Crippen LogP contribution in [0.5, 0.6) is 0 Å². The molecule has 1 aromatic heterocycles. The second-order valence-electron chi connectivity index (χ2n) is 5.56. The average Bonchev–Trinajstić information content (AvgIpc) is 2.95. The summed E-state index contributed by atoms with van der Waals surface area (Å²) in [5, 5.41) is 8.85. The summed E-state index contributed by atoms with van der Waals surface area (Å²) in [7, 11) is 0. The molecule has 0 fully saturated rings. The molecule has 3 nitrogen and oxygen atoms in total. The van der Waals surface area contributed by atoms with Gasteiger partial charge in [0.15, 0.2) is 0 Å². The van der Waals surface area contributed by atoms with Gasteiger partial charge in [-0.2, -0.15) is 0 Å². The van der Waals surface area contributed by atoms with Crippen molar-refractivity contribution in [2.75, 3.05) is 0 Å². The molecule has 1 unspecified atom stereocenters. The highest BCUT2D eigenvalue weighted by Gasteiger charge is 2.14. The molecule has 0 bridgehead atoms. The maximum absolute atomic E-state index is 13.0. The van der Waals surface area contributed by atoms with Gasteiger partial charge in [0.1, 0.15) is 5.82 Å². The number of thioether (sulfide) groups is 1. The van der Waals surface area contributed by atoms with Crippen LogP contribution in [0.15, 0.2) is 52.1 Å². The van der Waals surface area contributed by atoms with Gasteiger partial charge in [0.2, 0.25) is 5.89 Å². The first kappa shape index (κ1) is 15.7. The third-order valence-electron chi connectivity index (χ3n) is 3.49. The van der Waals surface area contributed by atoms with E-state index in [-0.39, 0.29) is 11.1 Å². The lowest BCUT2D eigenvalue weighted by Gasteiger charge is -2.08. The van der Waals surface area contributed by atoms with Gasteiger partial charge < -0.3 is 4.42 Å². The molecule has 0 saturated carbocycles. The number of hydrogen-bond donors (Lipinski definition) is 0. The Bertz CT molecular complexity index is 794. The van der Waals surface area contributed by atoms with Crippen molar-refractivity contribution < 1.29 is 8.81 Å². The van der Waals surface area contributed by atoms with E-state index in [1.807, 2.05) is 32.9 Å². The molecule has 0 aliphatic rings. The predicted molar refractivity (Wildman–Crippen MR) is 89.9 cm³/mol.